The molecule has 3 rings (SSSR count). The highest BCUT2D eigenvalue weighted by Crippen LogP contribution is 2.19. The van der Waals surface area contributed by atoms with Crippen molar-refractivity contribution in [3.8, 4) is 12.3 Å². The van der Waals surface area contributed by atoms with Crippen molar-refractivity contribution in [3.05, 3.63) is 72.0 Å². The smallest absolute Gasteiger partial charge is 0.248 e. The Morgan fingerprint density at radius 3 is 2.82 bits per heavy atom. The molecule has 22 heavy (non-hydrogen) atoms. The van der Waals surface area contributed by atoms with Gasteiger partial charge in [-0.15, -0.1) is 6.42 Å². The lowest BCUT2D eigenvalue weighted by atomic mass is 10.2. The van der Waals surface area contributed by atoms with Gasteiger partial charge in [0.2, 0.25) is 5.91 Å². The molecule has 0 radical (unpaired) electrons. The van der Waals surface area contributed by atoms with Crippen molar-refractivity contribution in [2.24, 2.45) is 0 Å². The number of hydrogen-bond donors (Lipinski definition) is 1. The number of carbonyl (C=O) groups is 1. The van der Waals surface area contributed by atoms with E-state index in [0.29, 0.717) is 11.4 Å². The zero-order valence-corrected chi connectivity index (χ0v) is 11.7. The van der Waals surface area contributed by atoms with E-state index >= 15 is 0 Å². The van der Waals surface area contributed by atoms with E-state index in [4.69, 9.17) is 10.8 Å². The number of fused-ring (bicyclic) bond motifs is 1. The second-order valence-corrected chi connectivity index (χ2v) is 4.73. The van der Waals surface area contributed by atoms with Crippen molar-refractivity contribution in [1.82, 2.24) is 0 Å². The zero-order chi connectivity index (χ0) is 15.4. The number of benzene rings is 2. The van der Waals surface area contributed by atoms with E-state index in [1.807, 2.05) is 30.3 Å². The Bertz CT molecular complexity index is 864. The Labute approximate surface area is 128 Å². The molecule has 1 amide bonds. The summed E-state index contributed by atoms with van der Waals surface area (Å²) in [6.07, 6.45) is 8.40. The molecule has 3 aromatic rings. The quantitative estimate of drug-likeness (QED) is 0.583. The zero-order valence-electron chi connectivity index (χ0n) is 11.7. The number of hydrogen-bond acceptors (Lipinski definition) is 2. The molecule has 0 saturated heterocycles. The number of nitrogens with one attached hydrogen (secondary N) is 1. The number of terminal acetylenes is 1. The molecule has 0 bridgehead atoms. The van der Waals surface area contributed by atoms with E-state index < -0.39 is 0 Å². The van der Waals surface area contributed by atoms with Crippen molar-refractivity contribution in [3.63, 3.8) is 0 Å². The summed E-state index contributed by atoms with van der Waals surface area (Å²) in [5.74, 6) is 2.92. The summed E-state index contributed by atoms with van der Waals surface area (Å²) < 4.78 is 5.61. The van der Waals surface area contributed by atoms with Crippen LogP contribution in [0.5, 0.6) is 0 Å². The van der Waals surface area contributed by atoms with E-state index in [-0.39, 0.29) is 5.91 Å². The van der Waals surface area contributed by atoms with Crippen LogP contribution in [-0.2, 0) is 4.79 Å². The summed E-state index contributed by atoms with van der Waals surface area (Å²) in [4.78, 5) is 11.9. The second-order valence-electron chi connectivity index (χ2n) is 4.73. The van der Waals surface area contributed by atoms with Gasteiger partial charge in [-0.3, -0.25) is 4.79 Å². The first-order chi connectivity index (χ1) is 10.7. The number of para-hydroxylation sites is 1. The van der Waals surface area contributed by atoms with Crippen LogP contribution in [0.2, 0.25) is 0 Å². The lowest BCUT2D eigenvalue weighted by Gasteiger charge is -2.01. The molecule has 0 saturated carbocycles. The van der Waals surface area contributed by atoms with Crippen LogP contribution in [0.3, 0.4) is 0 Å². The number of furan rings is 1. The van der Waals surface area contributed by atoms with Crippen LogP contribution < -0.4 is 5.32 Å². The molecule has 0 aliphatic carbocycles. The molecular weight excluding hydrogens is 274 g/mol. The first kappa shape index (κ1) is 13.7. The third-order valence-corrected chi connectivity index (χ3v) is 3.14. The van der Waals surface area contributed by atoms with Gasteiger partial charge in [-0.1, -0.05) is 30.2 Å². The molecule has 0 aliphatic heterocycles. The third kappa shape index (κ3) is 3.08. The summed E-state index contributed by atoms with van der Waals surface area (Å²) >= 11 is 0. The number of anilines is 1. The van der Waals surface area contributed by atoms with Gasteiger partial charge in [0.15, 0.2) is 0 Å². The molecule has 0 unspecified atom stereocenters. The van der Waals surface area contributed by atoms with Crippen LogP contribution in [0, 0.1) is 12.3 Å². The van der Waals surface area contributed by atoms with Gasteiger partial charge in [0.25, 0.3) is 0 Å². The number of carbonyl (C=O) groups excluding carboxylic acids is 1. The fraction of sp³-hybridized carbons (Fsp3) is 0. The molecule has 3 nitrogen and oxygen atoms in total. The van der Waals surface area contributed by atoms with Crippen molar-refractivity contribution >= 4 is 28.6 Å². The first-order valence-corrected chi connectivity index (χ1v) is 6.79. The molecule has 1 aromatic heterocycles. The van der Waals surface area contributed by atoms with E-state index in [9.17, 15) is 4.79 Å². The van der Waals surface area contributed by atoms with Gasteiger partial charge in [0.1, 0.15) is 11.3 Å². The van der Waals surface area contributed by atoms with Crippen molar-refractivity contribution < 1.29 is 9.21 Å². The van der Waals surface area contributed by atoms with Gasteiger partial charge in [-0.2, -0.15) is 0 Å². The molecular formula is C19H13NO2. The largest absolute Gasteiger partial charge is 0.457 e. The molecule has 2 aromatic carbocycles. The van der Waals surface area contributed by atoms with Gasteiger partial charge in [0, 0.05) is 22.7 Å². The Hall–Kier alpha value is -3.25. The summed E-state index contributed by atoms with van der Waals surface area (Å²) in [6, 6.07) is 16.7. The summed E-state index contributed by atoms with van der Waals surface area (Å²) in [5.41, 5.74) is 2.18. The highest BCUT2D eigenvalue weighted by atomic mass is 16.3. The minimum Gasteiger partial charge on any atom is -0.457 e. The van der Waals surface area contributed by atoms with Gasteiger partial charge < -0.3 is 9.73 Å². The highest BCUT2D eigenvalue weighted by molar-refractivity contribution is 6.02. The SMILES string of the molecule is C#Cc1cccc(NC(=O)/C=C/c2cc3ccccc3o2)c1. The average Bonchev–Trinajstić information content (AvgIpc) is 2.96. The maximum Gasteiger partial charge on any atom is 0.248 e. The highest BCUT2D eigenvalue weighted by Gasteiger charge is 2.02. The van der Waals surface area contributed by atoms with Crippen LogP contribution in [0.4, 0.5) is 5.69 Å². The molecule has 106 valence electrons. The van der Waals surface area contributed by atoms with E-state index in [1.165, 1.54) is 6.08 Å². The fourth-order valence-corrected chi connectivity index (χ4v) is 2.11. The Balaban J connectivity index is 1.71. The van der Waals surface area contributed by atoms with Gasteiger partial charge in [-0.25, -0.2) is 0 Å². The molecule has 0 fully saturated rings. The molecule has 0 spiro atoms. The minimum absolute atomic E-state index is 0.241. The van der Waals surface area contributed by atoms with Crippen LogP contribution >= 0.6 is 0 Å². The minimum atomic E-state index is -0.241. The van der Waals surface area contributed by atoms with Crippen LogP contribution in [0.15, 0.2) is 65.1 Å². The Kier molecular flexibility index (Phi) is 3.76. The van der Waals surface area contributed by atoms with Gasteiger partial charge in [-0.05, 0) is 36.4 Å². The lowest BCUT2D eigenvalue weighted by Crippen LogP contribution is -2.07. The normalized spacial score (nSPS) is 10.7. The molecule has 3 heteroatoms. The van der Waals surface area contributed by atoms with Crippen molar-refractivity contribution in [2.75, 3.05) is 5.32 Å². The van der Waals surface area contributed by atoms with Gasteiger partial charge in [0.05, 0.1) is 0 Å². The maximum atomic E-state index is 11.9. The Morgan fingerprint density at radius 1 is 1.14 bits per heavy atom. The Morgan fingerprint density at radius 2 is 2.00 bits per heavy atom. The van der Waals surface area contributed by atoms with Crippen molar-refractivity contribution in [2.45, 2.75) is 0 Å². The fourth-order valence-electron chi connectivity index (χ4n) is 2.11. The van der Waals surface area contributed by atoms with E-state index in [2.05, 4.69) is 11.2 Å². The predicted molar refractivity (Wildman–Crippen MR) is 88.3 cm³/mol. The first-order valence-electron chi connectivity index (χ1n) is 6.79. The van der Waals surface area contributed by atoms with E-state index in [1.54, 1.807) is 30.3 Å². The summed E-state index contributed by atoms with van der Waals surface area (Å²) in [6.45, 7) is 0. The summed E-state index contributed by atoms with van der Waals surface area (Å²) in [5, 5.41) is 3.76. The maximum absolute atomic E-state index is 11.9. The topological polar surface area (TPSA) is 42.2 Å². The van der Waals surface area contributed by atoms with Crippen molar-refractivity contribution in [1.29, 1.82) is 0 Å². The molecule has 0 aliphatic rings. The van der Waals surface area contributed by atoms with Crippen LogP contribution in [0.25, 0.3) is 17.0 Å². The molecule has 1 heterocycles. The molecule has 1 N–H and O–H groups in total. The van der Waals surface area contributed by atoms with Gasteiger partial charge >= 0.3 is 0 Å². The third-order valence-electron chi connectivity index (χ3n) is 3.14. The second kappa shape index (κ2) is 6.02. The van der Waals surface area contributed by atoms with Crippen LogP contribution in [0.1, 0.15) is 11.3 Å². The number of rotatable bonds is 3. The number of amides is 1. The monoisotopic (exact) mass is 287 g/mol. The summed E-state index contributed by atoms with van der Waals surface area (Å²) in [7, 11) is 0. The predicted octanol–water partition coefficient (Wildman–Crippen LogP) is 4.07. The standard InChI is InChI=1S/C19H13NO2/c1-2-14-6-5-8-16(12-14)20-19(21)11-10-17-13-15-7-3-4-9-18(15)22-17/h1,3-13H,(H,20,21)/b11-10+. The lowest BCUT2D eigenvalue weighted by molar-refractivity contribution is -0.111. The average molecular weight is 287 g/mol. The molecule has 0 atom stereocenters. The van der Waals surface area contributed by atoms with E-state index in [0.717, 1.165) is 16.5 Å². The van der Waals surface area contributed by atoms with Crippen LogP contribution in [-0.4, -0.2) is 5.91 Å².